The molecule has 3 rings (SSSR count). The quantitative estimate of drug-likeness (QED) is 0.765. The first-order valence-electron chi connectivity index (χ1n) is 7.98. The fourth-order valence-corrected chi connectivity index (χ4v) is 5.12. The monoisotopic (exact) mass is 334 g/mol. The van der Waals surface area contributed by atoms with Crippen molar-refractivity contribution < 1.29 is 13.2 Å². The highest BCUT2D eigenvalue weighted by molar-refractivity contribution is 7.90. The van der Waals surface area contributed by atoms with Crippen LogP contribution in [0.5, 0.6) is 0 Å². The molecule has 23 heavy (non-hydrogen) atoms. The van der Waals surface area contributed by atoms with Crippen LogP contribution in [0.15, 0.2) is 43.0 Å². The van der Waals surface area contributed by atoms with E-state index in [0.29, 0.717) is 26.1 Å². The Morgan fingerprint density at radius 1 is 1.22 bits per heavy atom. The number of carbonyl (C=O) groups is 1. The minimum Gasteiger partial charge on any atom is -0.336 e. The zero-order chi connectivity index (χ0) is 16.4. The van der Waals surface area contributed by atoms with Crippen LogP contribution in [0.3, 0.4) is 0 Å². The van der Waals surface area contributed by atoms with Crippen LogP contribution < -0.4 is 0 Å². The van der Waals surface area contributed by atoms with Gasteiger partial charge in [0.15, 0.2) is 0 Å². The van der Waals surface area contributed by atoms with Crippen LogP contribution in [0.2, 0.25) is 0 Å². The Labute approximate surface area is 137 Å². The Morgan fingerprint density at radius 2 is 1.91 bits per heavy atom. The second-order valence-electron chi connectivity index (χ2n) is 6.19. The van der Waals surface area contributed by atoms with E-state index in [0.717, 1.165) is 18.4 Å². The van der Waals surface area contributed by atoms with E-state index in [9.17, 15) is 13.2 Å². The highest BCUT2D eigenvalue weighted by atomic mass is 32.2. The summed E-state index contributed by atoms with van der Waals surface area (Å²) in [5, 5.41) is -0.220. The summed E-state index contributed by atoms with van der Waals surface area (Å²) in [4.78, 5) is 13.6. The zero-order valence-corrected chi connectivity index (χ0v) is 13.9. The molecule has 1 aromatic rings. The highest BCUT2D eigenvalue weighted by Gasteiger charge is 2.44. The van der Waals surface area contributed by atoms with Crippen molar-refractivity contribution in [1.82, 2.24) is 9.21 Å². The molecule has 1 atom stereocenters. The van der Waals surface area contributed by atoms with Crippen LogP contribution in [-0.2, 0) is 21.2 Å². The maximum absolute atomic E-state index is 12.7. The van der Waals surface area contributed by atoms with Crippen LogP contribution in [0.1, 0.15) is 18.4 Å². The van der Waals surface area contributed by atoms with E-state index in [1.54, 1.807) is 9.21 Å². The Hall–Kier alpha value is -1.66. The van der Waals surface area contributed by atoms with E-state index >= 15 is 0 Å². The molecule has 124 valence electrons. The largest absolute Gasteiger partial charge is 0.336 e. The molecular weight excluding hydrogens is 312 g/mol. The van der Waals surface area contributed by atoms with Crippen LogP contribution in [0.4, 0.5) is 0 Å². The normalized spacial score (nSPS) is 22.8. The summed E-state index contributed by atoms with van der Waals surface area (Å²) in [6, 6.07) is 9.62. The Bertz CT molecular complexity index is 683. The number of amides is 1. The maximum atomic E-state index is 12.7. The average Bonchev–Trinajstić information content (AvgIpc) is 3.40. The lowest BCUT2D eigenvalue weighted by Crippen LogP contribution is -2.57. The number of carbonyl (C=O) groups excluding carboxylic acids is 1. The van der Waals surface area contributed by atoms with Gasteiger partial charge in [-0.2, -0.15) is 4.31 Å². The van der Waals surface area contributed by atoms with Gasteiger partial charge in [0.25, 0.3) is 0 Å². The second-order valence-corrected chi connectivity index (χ2v) is 8.35. The fourth-order valence-electron chi connectivity index (χ4n) is 3.11. The van der Waals surface area contributed by atoms with E-state index in [1.165, 1.54) is 6.08 Å². The summed E-state index contributed by atoms with van der Waals surface area (Å²) in [5.41, 5.74) is 1.08. The first-order chi connectivity index (χ1) is 11.0. The topological polar surface area (TPSA) is 57.7 Å². The molecule has 1 aromatic carbocycles. The van der Waals surface area contributed by atoms with Gasteiger partial charge in [-0.15, -0.1) is 0 Å². The van der Waals surface area contributed by atoms with Gasteiger partial charge in [-0.25, -0.2) is 8.42 Å². The summed E-state index contributed by atoms with van der Waals surface area (Å²) in [6.07, 6.45) is 3.43. The molecule has 1 aliphatic heterocycles. The highest BCUT2D eigenvalue weighted by Crippen LogP contribution is 2.33. The molecule has 0 radical (unpaired) electrons. The first-order valence-corrected chi connectivity index (χ1v) is 9.48. The molecule has 1 saturated heterocycles. The van der Waals surface area contributed by atoms with Crippen LogP contribution in [0.25, 0.3) is 0 Å². The van der Waals surface area contributed by atoms with E-state index in [2.05, 4.69) is 6.58 Å². The molecule has 1 saturated carbocycles. The lowest BCUT2D eigenvalue weighted by atomic mass is 10.0. The van der Waals surface area contributed by atoms with Gasteiger partial charge in [-0.3, -0.25) is 4.79 Å². The molecule has 2 aliphatic rings. The predicted molar refractivity (Wildman–Crippen MR) is 89.4 cm³/mol. The number of piperazine rings is 1. The molecule has 0 aromatic heterocycles. The van der Waals surface area contributed by atoms with Gasteiger partial charge >= 0.3 is 0 Å². The number of hydrogen-bond acceptors (Lipinski definition) is 3. The van der Waals surface area contributed by atoms with Gasteiger partial charge in [0.05, 0.1) is 5.25 Å². The van der Waals surface area contributed by atoms with Crippen molar-refractivity contribution in [2.24, 2.45) is 0 Å². The van der Waals surface area contributed by atoms with Crippen molar-refractivity contribution in [1.29, 1.82) is 0 Å². The number of benzene rings is 1. The van der Waals surface area contributed by atoms with E-state index < -0.39 is 10.0 Å². The third kappa shape index (κ3) is 3.48. The minimum atomic E-state index is -3.24. The Kier molecular flexibility index (Phi) is 4.55. The molecule has 6 heteroatoms. The van der Waals surface area contributed by atoms with Crippen LogP contribution >= 0.6 is 0 Å². The van der Waals surface area contributed by atoms with Gasteiger partial charge in [0, 0.05) is 25.7 Å². The zero-order valence-electron chi connectivity index (χ0n) is 13.1. The number of nitrogens with zero attached hydrogens (tertiary/aromatic N) is 2. The third-order valence-corrected chi connectivity index (χ3v) is 6.95. The molecular formula is C17H22N2O3S. The second kappa shape index (κ2) is 6.45. The summed E-state index contributed by atoms with van der Waals surface area (Å²) < 4.78 is 27.0. The van der Waals surface area contributed by atoms with Gasteiger partial charge in [-0.1, -0.05) is 36.9 Å². The molecule has 1 aliphatic carbocycles. The molecule has 0 bridgehead atoms. The first kappa shape index (κ1) is 16.2. The van der Waals surface area contributed by atoms with Gasteiger partial charge in [-0.05, 0) is 30.9 Å². The molecule has 0 N–H and O–H groups in total. The SMILES string of the molecule is C=CC(=O)N1CCN(S(=O)(=O)C2CC2)C(Cc2ccccc2)C1. The van der Waals surface area contributed by atoms with Gasteiger partial charge < -0.3 is 4.90 Å². The molecule has 1 amide bonds. The molecule has 1 heterocycles. The van der Waals surface area contributed by atoms with E-state index in [-0.39, 0.29) is 17.2 Å². The predicted octanol–water partition coefficient (Wildman–Crippen LogP) is 1.42. The number of sulfonamides is 1. The molecule has 5 nitrogen and oxygen atoms in total. The average molecular weight is 334 g/mol. The Morgan fingerprint density at radius 3 is 2.52 bits per heavy atom. The van der Waals surface area contributed by atoms with Crippen molar-refractivity contribution in [3.63, 3.8) is 0 Å². The van der Waals surface area contributed by atoms with Crippen LogP contribution in [-0.4, -0.2) is 54.5 Å². The maximum Gasteiger partial charge on any atom is 0.246 e. The van der Waals surface area contributed by atoms with Gasteiger partial charge in [0.2, 0.25) is 15.9 Å². The van der Waals surface area contributed by atoms with Gasteiger partial charge in [0.1, 0.15) is 0 Å². The molecule has 2 fully saturated rings. The lowest BCUT2D eigenvalue weighted by Gasteiger charge is -2.40. The van der Waals surface area contributed by atoms with E-state index in [1.807, 2.05) is 30.3 Å². The number of rotatable bonds is 5. The van der Waals surface area contributed by atoms with Crippen molar-refractivity contribution in [3.05, 3.63) is 48.6 Å². The van der Waals surface area contributed by atoms with Crippen molar-refractivity contribution in [3.8, 4) is 0 Å². The lowest BCUT2D eigenvalue weighted by molar-refractivity contribution is -0.128. The van der Waals surface area contributed by atoms with Crippen molar-refractivity contribution >= 4 is 15.9 Å². The van der Waals surface area contributed by atoms with Crippen molar-refractivity contribution in [2.45, 2.75) is 30.6 Å². The molecule has 0 spiro atoms. The standard InChI is InChI=1S/C17H22N2O3S/c1-2-17(20)18-10-11-19(23(21,22)16-8-9-16)15(13-18)12-14-6-4-3-5-7-14/h2-7,15-16H,1,8-13H2. The summed E-state index contributed by atoms with van der Waals surface area (Å²) in [7, 11) is -3.24. The summed E-state index contributed by atoms with van der Waals surface area (Å²) >= 11 is 0. The van der Waals surface area contributed by atoms with Crippen molar-refractivity contribution in [2.75, 3.05) is 19.6 Å². The number of hydrogen-bond donors (Lipinski definition) is 0. The summed E-state index contributed by atoms with van der Waals surface area (Å²) in [5.74, 6) is -0.133. The van der Waals surface area contributed by atoms with E-state index in [4.69, 9.17) is 0 Å². The smallest absolute Gasteiger partial charge is 0.246 e. The molecule has 1 unspecified atom stereocenters. The fraction of sp³-hybridized carbons (Fsp3) is 0.471. The van der Waals surface area contributed by atoms with Crippen LogP contribution in [0, 0.1) is 0 Å². The minimum absolute atomic E-state index is 0.133. The summed E-state index contributed by atoms with van der Waals surface area (Å²) in [6.45, 7) is 4.75. The Balaban J connectivity index is 1.83. The third-order valence-electron chi connectivity index (χ3n) is 4.50.